The number of carbonyl (C=O) groups excluding carboxylic acids is 3. The highest BCUT2D eigenvalue weighted by Gasteiger charge is 2.55. The second-order valence-corrected chi connectivity index (χ2v) is 10.00. The number of hydrogen-bond donors (Lipinski definition) is 1. The Balaban J connectivity index is 1.51. The smallest absolute Gasteiger partial charge is 0.325 e. The molecule has 2 fully saturated rings. The molecular formula is C26H31ClN4O3. The van der Waals surface area contributed by atoms with Crippen LogP contribution in [0.2, 0.25) is 5.02 Å². The SMILES string of the molecule is CC(C)CCC1(C2CCN(C(=O)c3ccccc3Cl)CC2)NC(=O)N(Cc2ccccn2)C1=O. The third-order valence-corrected chi connectivity index (χ3v) is 7.28. The number of imide groups is 1. The average Bonchev–Trinajstić information content (AvgIpc) is 3.08. The van der Waals surface area contributed by atoms with Crippen molar-refractivity contribution in [3.63, 3.8) is 0 Å². The van der Waals surface area contributed by atoms with Crippen molar-refractivity contribution >= 4 is 29.4 Å². The molecule has 34 heavy (non-hydrogen) atoms. The summed E-state index contributed by atoms with van der Waals surface area (Å²) in [7, 11) is 0. The fraction of sp³-hybridized carbons (Fsp3) is 0.462. The van der Waals surface area contributed by atoms with E-state index >= 15 is 0 Å². The number of hydrogen-bond acceptors (Lipinski definition) is 4. The van der Waals surface area contributed by atoms with E-state index in [1.165, 1.54) is 4.90 Å². The van der Waals surface area contributed by atoms with Crippen LogP contribution in [0.3, 0.4) is 0 Å². The normalized spacial score (nSPS) is 21.3. The Labute approximate surface area is 205 Å². The summed E-state index contributed by atoms with van der Waals surface area (Å²) in [6, 6.07) is 12.1. The molecule has 1 unspecified atom stereocenters. The molecule has 0 aliphatic carbocycles. The van der Waals surface area contributed by atoms with Gasteiger partial charge in [0.05, 0.1) is 22.8 Å². The van der Waals surface area contributed by atoms with E-state index in [1.807, 2.05) is 12.1 Å². The minimum Gasteiger partial charge on any atom is -0.339 e. The number of urea groups is 1. The summed E-state index contributed by atoms with van der Waals surface area (Å²) in [4.78, 5) is 47.1. The highest BCUT2D eigenvalue weighted by atomic mass is 35.5. The fourth-order valence-electron chi connectivity index (χ4n) is 4.99. The monoisotopic (exact) mass is 482 g/mol. The summed E-state index contributed by atoms with van der Waals surface area (Å²) in [5.74, 6) is 0.0681. The maximum Gasteiger partial charge on any atom is 0.325 e. The zero-order chi connectivity index (χ0) is 24.3. The molecule has 180 valence electrons. The summed E-state index contributed by atoms with van der Waals surface area (Å²) in [5.41, 5.74) is 0.213. The quantitative estimate of drug-likeness (QED) is 0.588. The zero-order valence-electron chi connectivity index (χ0n) is 19.7. The lowest BCUT2D eigenvalue weighted by Gasteiger charge is -2.41. The van der Waals surface area contributed by atoms with Gasteiger partial charge in [0.25, 0.3) is 11.8 Å². The third kappa shape index (κ3) is 4.80. The van der Waals surface area contributed by atoms with Gasteiger partial charge < -0.3 is 10.2 Å². The van der Waals surface area contributed by atoms with Crippen LogP contribution >= 0.6 is 11.6 Å². The number of halogens is 1. The number of nitrogens with one attached hydrogen (secondary N) is 1. The number of pyridine rings is 1. The summed E-state index contributed by atoms with van der Waals surface area (Å²) in [6.45, 7) is 5.42. The molecule has 2 aromatic rings. The van der Waals surface area contributed by atoms with E-state index in [2.05, 4.69) is 24.1 Å². The lowest BCUT2D eigenvalue weighted by molar-refractivity contribution is -0.134. The number of nitrogens with zero attached hydrogens (tertiary/aromatic N) is 3. The Morgan fingerprint density at radius 1 is 1.15 bits per heavy atom. The number of rotatable bonds is 7. The van der Waals surface area contributed by atoms with Gasteiger partial charge in [-0.1, -0.05) is 43.6 Å². The van der Waals surface area contributed by atoms with Gasteiger partial charge in [0.2, 0.25) is 0 Å². The Morgan fingerprint density at radius 3 is 2.50 bits per heavy atom. The Kier molecular flexibility index (Phi) is 7.22. The molecule has 2 saturated heterocycles. The molecule has 0 bridgehead atoms. The molecule has 1 atom stereocenters. The molecule has 2 aliphatic rings. The van der Waals surface area contributed by atoms with Crippen molar-refractivity contribution in [2.45, 2.75) is 51.6 Å². The van der Waals surface area contributed by atoms with Gasteiger partial charge in [-0.3, -0.25) is 19.5 Å². The first kappa shape index (κ1) is 24.2. The maximum atomic E-state index is 13.8. The second kappa shape index (κ2) is 10.1. The van der Waals surface area contributed by atoms with Crippen molar-refractivity contribution < 1.29 is 14.4 Å². The van der Waals surface area contributed by atoms with Crippen LogP contribution in [0, 0.1) is 11.8 Å². The molecule has 4 rings (SSSR count). The highest BCUT2D eigenvalue weighted by molar-refractivity contribution is 6.33. The fourth-order valence-corrected chi connectivity index (χ4v) is 5.21. The first-order chi connectivity index (χ1) is 16.3. The summed E-state index contributed by atoms with van der Waals surface area (Å²) in [5, 5.41) is 3.52. The van der Waals surface area contributed by atoms with E-state index in [9.17, 15) is 14.4 Å². The Bertz CT molecular complexity index is 1050. The van der Waals surface area contributed by atoms with E-state index in [0.29, 0.717) is 54.5 Å². The molecular weight excluding hydrogens is 452 g/mol. The van der Waals surface area contributed by atoms with Crippen LogP contribution in [0.15, 0.2) is 48.7 Å². The van der Waals surface area contributed by atoms with E-state index in [4.69, 9.17) is 11.6 Å². The van der Waals surface area contributed by atoms with Gasteiger partial charge in [0.15, 0.2) is 0 Å². The molecule has 3 heterocycles. The van der Waals surface area contributed by atoms with Gasteiger partial charge >= 0.3 is 6.03 Å². The molecule has 7 nitrogen and oxygen atoms in total. The maximum absolute atomic E-state index is 13.8. The first-order valence-electron chi connectivity index (χ1n) is 11.9. The summed E-state index contributed by atoms with van der Waals surface area (Å²) in [6.07, 6.45) is 4.33. The van der Waals surface area contributed by atoms with Crippen LogP contribution in [0.1, 0.15) is 55.6 Å². The summed E-state index contributed by atoms with van der Waals surface area (Å²) >= 11 is 6.23. The predicted molar refractivity (Wildman–Crippen MR) is 130 cm³/mol. The van der Waals surface area contributed by atoms with Crippen LogP contribution in [0.25, 0.3) is 0 Å². The lowest BCUT2D eigenvalue weighted by Crippen LogP contribution is -2.56. The van der Waals surface area contributed by atoms with Gasteiger partial charge in [-0.05, 0) is 61.8 Å². The molecule has 1 aromatic heterocycles. The van der Waals surface area contributed by atoms with E-state index < -0.39 is 5.54 Å². The zero-order valence-corrected chi connectivity index (χ0v) is 20.4. The minimum absolute atomic E-state index is 0.0493. The number of carbonyl (C=O) groups is 3. The van der Waals surface area contributed by atoms with Crippen molar-refractivity contribution in [1.29, 1.82) is 0 Å². The number of piperidine rings is 1. The number of likely N-dealkylation sites (tertiary alicyclic amines) is 1. The van der Waals surface area contributed by atoms with Gasteiger partial charge in [0.1, 0.15) is 5.54 Å². The molecule has 8 heteroatoms. The van der Waals surface area contributed by atoms with E-state index in [0.717, 1.165) is 6.42 Å². The van der Waals surface area contributed by atoms with E-state index in [-0.39, 0.29) is 30.3 Å². The van der Waals surface area contributed by atoms with Crippen LogP contribution in [0.4, 0.5) is 4.79 Å². The van der Waals surface area contributed by atoms with Crippen LogP contribution < -0.4 is 5.32 Å². The second-order valence-electron chi connectivity index (χ2n) is 9.59. The molecule has 4 amide bonds. The Hall–Kier alpha value is -2.93. The van der Waals surface area contributed by atoms with Crippen molar-refractivity contribution in [1.82, 2.24) is 20.1 Å². The van der Waals surface area contributed by atoms with Crippen molar-refractivity contribution in [2.75, 3.05) is 13.1 Å². The lowest BCUT2D eigenvalue weighted by atomic mass is 9.73. The molecule has 1 aromatic carbocycles. The van der Waals surface area contributed by atoms with Crippen molar-refractivity contribution in [3.8, 4) is 0 Å². The molecule has 1 N–H and O–H groups in total. The minimum atomic E-state index is -0.949. The van der Waals surface area contributed by atoms with Crippen molar-refractivity contribution in [3.05, 3.63) is 64.9 Å². The number of amides is 4. The predicted octanol–water partition coefficient (Wildman–Crippen LogP) is 4.51. The van der Waals surface area contributed by atoms with Gasteiger partial charge in [-0.15, -0.1) is 0 Å². The van der Waals surface area contributed by atoms with E-state index in [1.54, 1.807) is 41.4 Å². The van der Waals surface area contributed by atoms with Gasteiger partial charge in [-0.2, -0.15) is 0 Å². The molecule has 0 spiro atoms. The summed E-state index contributed by atoms with van der Waals surface area (Å²) < 4.78 is 0. The van der Waals surface area contributed by atoms with Gasteiger partial charge in [-0.25, -0.2) is 4.79 Å². The molecule has 2 aliphatic heterocycles. The van der Waals surface area contributed by atoms with Gasteiger partial charge in [0, 0.05) is 19.3 Å². The molecule has 0 radical (unpaired) electrons. The van der Waals surface area contributed by atoms with Crippen LogP contribution in [0.5, 0.6) is 0 Å². The van der Waals surface area contributed by atoms with Crippen molar-refractivity contribution in [2.24, 2.45) is 11.8 Å². The molecule has 0 saturated carbocycles. The average molecular weight is 483 g/mol. The number of aromatic nitrogens is 1. The van der Waals surface area contributed by atoms with Crippen LogP contribution in [-0.2, 0) is 11.3 Å². The largest absolute Gasteiger partial charge is 0.339 e. The number of benzene rings is 1. The third-order valence-electron chi connectivity index (χ3n) is 6.95. The Morgan fingerprint density at radius 2 is 1.85 bits per heavy atom. The topological polar surface area (TPSA) is 82.6 Å². The van der Waals surface area contributed by atoms with Crippen LogP contribution in [-0.4, -0.2) is 51.3 Å². The first-order valence-corrected chi connectivity index (χ1v) is 12.3. The standard InChI is InChI=1S/C26H31ClN4O3/c1-18(2)10-13-26(24(33)31(25(34)29-26)17-20-7-5-6-14-28-20)19-11-15-30(16-12-19)23(32)21-8-3-4-9-22(21)27/h3-9,14,18-19H,10-13,15-17H2,1-2H3,(H,29,34). The highest BCUT2D eigenvalue weighted by Crippen LogP contribution is 2.38.